The molecule has 1 aliphatic heterocycles. The van der Waals surface area contributed by atoms with Gasteiger partial charge in [0.1, 0.15) is 0 Å². The third kappa shape index (κ3) is 4.46. The van der Waals surface area contributed by atoms with Crippen molar-refractivity contribution in [3.8, 4) is 0 Å². The third-order valence-electron chi connectivity index (χ3n) is 4.28. The summed E-state index contributed by atoms with van der Waals surface area (Å²) in [6.07, 6.45) is 0.433. The third-order valence-corrected chi connectivity index (χ3v) is 4.53. The lowest BCUT2D eigenvalue weighted by molar-refractivity contribution is 0.118. The molecule has 2 N–H and O–H groups in total. The van der Waals surface area contributed by atoms with Crippen LogP contribution in [0.25, 0.3) is 0 Å². The van der Waals surface area contributed by atoms with E-state index in [4.69, 9.17) is 16.3 Å². The van der Waals surface area contributed by atoms with Gasteiger partial charge in [-0.2, -0.15) is 0 Å². The van der Waals surface area contributed by atoms with Crippen LogP contribution in [0.15, 0.2) is 42.5 Å². The zero-order valence-corrected chi connectivity index (χ0v) is 15.2. The van der Waals surface area contributed by atoms with E-state index in [0.29, 0.717) is 30.3 Å². The van der Waals surface area contributed by atoms with Crippen LogP contribution in [0.3, 0.4) is 0 Å². The highest BCUT2D eigenvalue weighted by atomic mass is 35.5. The molecule has 0 spiro atoms. The number of nitrogens with zero attached hydrogens (tertiary/aromatic N) is 1. The van der Waals surface area contributed by atoms with Crippen LogP contribution in [0.4, 0.5) is 15.3 Å². The molecule has 26 heavy (non-hydrogen) atoms. The number of hydrogen-bond acceptors (Lipinski definition) is 3. The van der Waals surface area contributed by atoms with Crippen molar-refractivity contribution >= 4 is 29.4 Å². The van der Waals surface area contributed by atoms with Gasteiger partial charge in [-0.15, -0.1) is 0 Å². The molecule has 3 amide bonds. The monoisotopic (exact) mass is 373 g/mol. The van der Waals surface area contributed by atoms with Crippen molar-refractivity contribution in [2.45, 2.75) is 19.5 Å². The molecule has 136 valence electrons. The van der Waals surface area contributed by atoms with Gasteiger partial charge in [0, 0.05) is 30.3 Å². The molecular formula is C19H20ClN3O3. The van der Waals surface area contributed by atoms with E-state index in [2.05, 4.69) is 10.6 Å². The van der Waals surface area contributed by atoms with E-state index in [1.165, 1.54) is 12.7 Å². The molecule has 2 aromatic carbocycles. The van der Waals surface area contributed by atoms with E-state index in [1.54, 1.807) is 17.0 Å². The summed E-state index contributed by atoms with van der Waals surface area (Å²) in [5.41, 5.74) is 3.84. The molecule has 0 atom stereocenters. The van der Waals surface area contributed by atoms with Gasteiger partial charge >= 0.3 is 12.1 Å². The Balaban J connectivity index is 1.59. The second-order valence-electron chi connectivity index (χ2n) is 6.06. The van der Waals surface area contributed by atoms with Gasteiger partial charge in [0.15, 0.2) is 0 Å². The van der Waals surface area contributed by atoms with E-state index in [1.807, 2.05) is 30.3 Å². The fourth-order valence-corrected chi connectivity index (χ4v) is 3.01. The molecule has 3 rings (SSSR count). The summed E-state index contributed by atoms with van der Waals surface area (Å²) in [5, 5.41) is 6.29. The number of ether oxygens (including phenoxy) is 1. The van der Waals surface area contributed by atoms with Crippen LogP contribution in [0.5, 0.6) is 0 Å². The van der Waals surface area contributed by atoms with Gasteiger partial charge in [-0.3, -0.25) is 0 Å². The highest BCUT2D eigenvalue weighted by molar-refractivity contribution is 6.30. The van der Waals surface area contributed by atoms with Gasteiger partial charge in [-0.1, -0.05) is 29.8 Å². The number of carbonyl (C=O) groups excluding carboxylic acids is 2. The standard InChI is InChI=1S/C19H20ClN3O3/c1-26-19(25)23-9-8-14-4-7-17(10-15(14)12-23)22-18(24)21-11-13-2-5-16(20)6-3-13/h2-7,10H,8-9,11-12H2,1H3,(H2,21,22,24). The number of urea groups is 1. The van der Waals surface area contributed by atoms with Gasteiger partial charge in [-0.25, -0.2) is 9.59 Å². The summed E-state index contributed by atoms with van der Waals surface area (Å²) < 4.78 is 4.78. The number of carbonyl (C=O) groups is 2. The predicted octanol–water partition coefficient (Wildman–Crippen LogP) is 3.79. The fourth-order valence-electron chi connectivity index (χ4n) is 2.88. The Kier molecular flexibility index (Phi) is 5.63. The molecule has 2 aromatic rings. The molecule has 0 aromatic heterocycles. The first-order valence-electron chi connectivity index (χ1n) is 8.29. The lowest BCUT2D eigenvalue weighted by Crippen LogP contribution is -2.36. The number of fused-ring (bicyclic) bond motifs is 1. The minimum Gasteiger partial charge on any atom is -0.453 e. The fraction of sp³-hybridized carbons (Fsp3) is 0.263. The van der Waals surface area contributed by atoms with Crippen molar-refractivity contribution < 1.29 is 14.3 Å². The van der Waals surface area contributed by atoms with Gasteiger partial charge in [-0.05, 0) is 47.4 Å². The topological polar surface area (TPSA) is 70.7 Å². The first-order valence-corrected chi connectivity index (χ1v) is 8.67. The largest absolute Gasteiger partial charge is 0.453 e. The normalized spacial score (nSPS) is 12.9. The maximum atomic E-state index is 12.1. The summed E-state index contributed by atoms with van der Waals surface area (Å²) in [6.45, 7) is 1.52. The Labute approximate surface area is 157 Å². The maximum Gasteiger partial charge on any atom is 0.409 e. The highest BCUT2D eigenvalue weighted by Gasteiger charge is 2.21. The predicted molar refractivity (Wildman–Crippen MR) is 100 cm³/mol. The Bertz CT molecular complexity index is 808. The summed E-state index contributed by atoms with van der Waals surface area (Å²) in [6, 6.07) is 12.8. The summed E-state index contributed by atoms with van der Waals surface area (Å²) in [4.78, 5) is 25.4. The number of halogens is 1. The number of anilines is 1. The summed E-state index contributed by atoms with van der Waals surface area (Å²) in [7, 11) is 1.38. The summed E-state index contributed by atoms with van der Waals surface area (Å²) in [5.74, 6) is 0. The first-order chi connectivity index (χ1) is 12.5. The van der Waals surface area contributed by atoms with Crippen molar-refractivity contribution in [3.05, 3.63) is 64.2 Å². The van der Waals surface area contributed by atoms with Crippen molar-refractivity contribution in [2.75, 3.05) is 19.0 Å². The first kappa shape index (κ1) is 18.1. The van der Waals surface area contributed by atoms with Crippen LogP contribution in [-0.4, -0.2) is 30.7 Å². The van der Waals surface area contributed by atoms with Crippen LogP contribution in [0.1, 0.15) is 16.7 Å². The number of benzene rings is 2. The van der Waals surface area contributed by atoms with Crippen molar-refractivity contribution in [2.24, 2.45) is 0 Å². The Hall–Kier alpha value is -2.73. The minimum absolute atomic E-state index is 0.291. The Morgan fingerprint density at radius 1 is 1.15 bits per heavy atom. The van der Waals surface area contributed by atoms with Crippen LogP contribution in [0, 0.1) is 0 Å². The zero-order valence-electron chi connectivity index (χ0n) is 14.4. The SMILES string of the molecule is COC(=O)N1CCc2ccc(NC(=O)NCc3ccc(Cl)cc3)cc2C1. The molecule has 0 saturated carbocycles. The average molecular weight is 374 g/mol. The van der Waals surface area contributed by atoms with Crippen LogP contribution >= 0.6 is 11.6 Å². The lowest BCUT2D eigenvalue weighted by Gasteiger charge is -2.28. The maximum absolute atomic E-state index is 12.1. The number of methoxy groups -OCH3 is 1. The van der Waals surface area contributed by atoms with Gasteiger partial charge in [0.25, 0.3) is 0 Å². The molecule has 0 aliphatic carbocycles. The Morgan fingerprint density at radius 2 is 1.92 bits per heavy atom. The Morgan fingerprint density at radius 3 is 2.65 bits per heavy atom. The molecule has 1 heterocycles. The smallest absolute Gasteiger partial charge is 0.409 e. The van der Waals surface area contributed by atoms with E-state index >= 15 is 0 Å². The lowest BCUT2D eigenvalue weighted by atomic mass is 9.99. The minimum atomic E-state index is -0.338. The molecule has 6 nitrogen and oxygen atoms in total. The van der Waals surface area contributed by atoms with E-state index in [-0.39, 0.29) is 12.1 Å². The second-order valence-corrected chi connectivity index (χ2v) is 6.50. The van der Waals surface area contributed by atoms with Crippen LogP contribution in [-0.2, 0) is 24.2 Å². The van der Waals surface area contributed by atoms with Gasteiger partial charge < -0.3 is 20.3 Å². The molecule has 0 bridgehead atoms. The molecule has 0 unspecified atom stereocenters. The van der Waals surface area contributed by atoms with Crippen molar-refractivity contribution in [1.29, 1.82) is 0 Å². The summed E-state index contributed by atoms with van der Waals surface area (Å²) >= 11 is 5.85. The quantitative estimate of drug-likeness (QED) is 0.860. The molecular weight excluding hydrogens is 354 g/mol. The highest BCUT2D eigenvalue weighted by Crippen LogP contribution is 2.23. The molecule has 1 aliphatic rings. The molecule has 0 fully saturated rings. The number of rotatable bonds is 3. The van der Waals surface area contributed by atoms with E-state index in [9.17, 15) is 9.59 Å². The van der Waals surface area contributed by atoms with Crippen LogP contribution < -0.4 is 10.6 Å². The van der Waals surface area contributed by atoms with Gasteiger partial charge in [0.05, 0.1) is 7.11 Å². The van der Waals surface area contributed by atoms with Gasteiger partial charge in [0.2, 0.25) is 0 Å². The van der Waals surface area contributed by atoms with Crippen molar-refractivity contribution in [1.82, 2.24) is 10.2 Å². The molecule has 0 radical (unpaired) electrons. The average Bonchev–Trinajstić information content (AvgIpc) is 2.66. The number of hydrogen-bond donors (Lipinski definition) is 2. The second kappa shape index (κ2) is 8.10. The number of amides is 3. The van der Waals surface area contributed by atoms with Crippen molar-refractivity contribution in [3.63, 3.8) is 0 Å². The number of nitrogens with one attached hydrogen (secondary N) is 2. The molecule has 0 saturated heterocycles. The van der Waals surface area contributed by atoms with E-state index < -0.39 is 0 Å². The molecule has 7 heteroatoms. The van der Waals surface area contributed by atoms with Crippen LogP contribution in [0.2, 0.25) is 5.02 Å². The van der Waals surface area contributed by atoms with E-state index in [0.717, 1.165) is 17.5 Å². The zero-order chi connectivity index (χ0) is 18.5.